The van der Waals surface area contributed by atoms with E-state index in [1.165, 1.54) is 12.1 Å². The molecule has 0 amide bonds. The number of Topliss-reactive ketones (excluding diaryl/α,β-unsaturated/α-hetero) is 1. The molecule has 20 heavy (non-hydrogen) atoms. The van der Waals surface area contributed by atoms with Gasteiger partial charge >= 0.3 is 0 Å². The van der Waals surface area contributed by atoms with Gasteiger partial charge in [-0.2, -0.15) is 0 Å². The Hall–Kier alpha value is -1.79. The van der Waals surface area contributed by atoms with Crippen molar-refractivity contribution in [3.05, 3.63) is 39.9 Å². The molecule has 0 aromatic heterocycles. The maximum absolute atomic E-state index is 12.0. The van der Waals surface area contributed by atoms with Crippen LogP contribution in [0.25, 0.3) is 0 Å². The third-order valence-electron chi connectivity index (χ3n) is 3.47. The first kappa shape index (κ1) is 14.6. The fraction of sp³-hybridized carbons (Fsp3) is 0.500. The number of rotatable bonds is 6. The number of nitro benzene ring substituents is 1. The monoisotopic (exact) mass is 277 g/mol. The maximum atomic E-state index is 12.0. The van der Waals surface area contributed by atoms with Crippen molar-refractivity contribution in [3.8, 4) is 0 Å². The fourth-order valence-corrected chi connectivity index (χ4v) is 2.34. The van der Waals surface area contributed by atoms with Crippen LogP contribution in [0.5, 0.6) is 0 Å². The molecule has 6 heteroatoms. The van der Waals surface area contributed by atoms with Gasteiger partial charge in [0.15, 0.2) is 5.78 Å². The molecule has 0 saturated carbocycles. The van der Waals surface area contributed by atoms with E-state index >= 15 is 0 Å². The lowest BCUT2D eigenvalue weighted by molar-refractivity contribution is -0.384. The number of carbonyl (C=O) groups excluding carboxylic acids is 1. The van der Waals surface area contributed by atoms with E-state index in [1.807, 2.05) is 0 Å². The van der Waals surface area contributed by atoms with Crippen LogP contribution in [0.3, 0.4) is 0 Å². The van der Waals surface area contributed by atoms with Crippen LogP contribution in [-0.4, -0.2) is 48.3 Å². The number of nitrogens with one attached hydrogen (secondary N) is 1. The van der Waals surface area contributed by atoms with Gasteiger partial charge in [0, 0.05) is 50.3 Å². The van der Waals surface area contributed by atoms with Crippen molar-refractivity contribution in [1.29, 1.82) is 0 Å². The largest absolute Gasteiger partial charge is 0.314 e. The van der Waals surface area contributed by atoms with Crippen LogP contribution in [0.1, 0.15) is 23.2 Å². The SMILES string of the molecule is O=C(CCCN1CCNCC1)c1cccc([N+](=O)[O-])c1. The standard InChI is InChI=1S/C14H19N3O3/c18-14(5-2-8-16-9-6-15-7-10-16)12-3-1-4-13(11-12)17(19)20/h1,3-4,11,15H,2,5-10H2. The molecule has 108 valence electrons. The lowest BCUT2D eigenvalue weighted by Gasteiger charge is -2.26. The molecule has 1 fully saturated rings. The summed E-state index contributed by atoms with van der Waals surface area (Å²) in [5, 5.41) is 14.0. The highest BCUT2D eigenvalue weighted by Crippen LogP contribution is 2.15. The van der Waals surface area contributed by atoms with Crippen molar-refractivity contribution in [2.45, 2.75) is 12.8 Å². The van der Waals surface area contributed by atoms with Gasteiger partial charge in [0.2, 0.25) is 0 Å². The number of hydrogen-bond donors (Lipinski definition) is 1. The van der Waals surface area contributed by atoms with Gasteiger partial charge in [-0.1, -0.05) is 12.1 Å². The van der Waals surface area contributed by atoms with Crippen LogP contribution in [-0.2, 0) is 0 Å². The van der Waals surface area contributed by atoms with E-state index in [0.29, 0.717) is 12.0 Å². The van der Waals surface area contributed by atoms with Gasteiger partial charge in [-0.05, 0) is 13.0 Å². The van der Waals surface area contributed by atoms with Gasteiger partial charge in [-0.3, -0.25) is 14.9 Å². The Balaban J connectivity index is 1.82. The van der Waals surface area contributed by atoms with Crippen LogP contribution >= 0.6 is 0 Å². The summed E-state index contributed by atoms with van der Waals surface area (Å²) >= 11 is 0. The first-order valence-corrected chi connectivity index (χ1v) is 6.87. The van der Waals surface area contributed by atoms with E-state index in [4.69, 9.17) is 0 Å². The van der Waals surface area contributed by atoms with E-state index in [9.17, 15) is 14.9 Å². The maximum Gasteiger partial charge on any atom is 0.270 e. The first-order chi connectivity index (χ1) is 9.66. The number of benzene rings is 1. The zero-order chi connectivity index (χ0) is 14.4. The zero-order valence-electron chi connectivity index (χ0n) is 11.4. The minimum atomic E-state index is -0.475. The Morgan fingerprint density at radius 2 is 2.10 bits per heavy atom. The minimum absolute atomic E-state index is 0.0242. The van der Waals surface area contributed by atoms with Crippen molar-refractivity contribution in [1.82, 2.24) is 10.2 Å². The summed E-state index contributed by atoms with van der Waals surface area (Å²) in [5.41, 5.74) is 0.400. The third-order valence-corrected chi connectivity index (χ3v) is 3.47. The summed E-state index contributed by atoms with van der Waals surface area (Å²) in [4.78, 5) is 24.5. The van der Waals surface area contributed by atoms with Gasteiger partial charge in [0.25, 0.3) is 5.69 Å². The number of piperazine rings is 1. The average Bonchev–Trinajstić information content (AvgIpc) is 2.48. The zero-order valence-corrected chi connectivity index (χ0v) is 11.4. The highest BCUT2D eigenvalue weighted by Gasteiger charge is 2.13. The normalized spacial score (nSPS) is 16.0. The molecule has 1 aliphatic rings. The Morgan fingerprint density at radius 1 is 1.35 bits per heavy atom. The molecule has 0 aliphatic carbocycles. The van der Waals surface area contributed by atoms with E-state index in [0.717, 1.165) is 39.1 Å². The molecule has 0 unspecified atom stereocenters. The molecule has 6 nitrogen and oxygen atoms in total. The highest BCUT2D eigenvalue weighted by molar-refractivity contribution is 5.96. The minimum Gasteiger partial charge on any atom is -0.314 e. The topological polar surface area (TPSA) is 75.5 Å². The molecule has 1 saturated heterocycles. The van der Waals surface area contributed by atoms with Crippen molar-refractivity contribution in [3.63, 3.8) is 0 Å². The van der Waals surface area contributed by atoms with Crippen molar-refractivity contribution in [2.75, 3.05) is 32.7 Å². The molecular formula is C14H19N3O3. The van der Waals surface area contributed by atoms with Crippen LogP contribution in [0, 0.1) is 10.1 Å². The number of ketones is 1. The van der Waals surface area contributed by atoms with Gasteiger partial charge in [-0.15, -0.1) is 0 Å². The second kappa shape index (κ2) is 7.12. The molecule has 0 spiro atoms. The number of nitro groups is 1. The van der Waals surface area contributed by atoms with Crippen LogP contribution in [0.4, 0.5) is 5.69 Å². The second-order valence-electron chi connectivity index (χ2n) is 4.93. The lowest BCUT2D eigenvalue weighted by Crippen LogP contribution is -2.43. The molecule has 0 radical (unpaired) electrons. The van der Waals surface area contributed by atoms with Crippen LogP contribution in [0.2, 0.25) is 0 Å². The van der Waals surface area contributed by atoms with Crippen LogP contribution in [0.15, 0.2) is 24.3 Å². The lowest BCUT2D eigenvalue weighted by atomic mass is 10.1. The Kier molecular flexibility index (Phi) is 5.20. The number of carbonyl (C=O) groups is 1. The molecule has 1 aromatic rings. The predicted molar refractivity (Wildman–Crippen MR) is 76.0 cm³/mol. The third kappa shape index (κ3) is 4.11. The smallest absolute Gasteiger partial charge is 0.270 e. The Bertz CT molecular complexity index is 484. The quantitative estimate of drug-likeness (QED) is 0.484. The van der Waals surface area contributed by atoms with E-state index < -0.39 is 4.92 Å². The molecule has 1 aromatic carbocycles. The average molecular weight is 277 g/mol. The first-order valence-electron chi connectivity index (χ1n) is 6.87. The molecular weight excluding hydrogens is 258 g/mol. The van der Waals surface area contributed by atoms with Gasteiger partial charge in [0.05, 0.1) is 4.92 Å². The number of hydrogen-bond acceptors (Lipinski definition) is 5. The molecule has 1 aliphatic heterocycles. The van der Waals surface area contributed by atoms with Crippen molar-refractivity contribution >= 4 is 11.5 Å². The molecule has 1 N–H and O–H groups in total. The Labute approximate surface area is 117 Å². The summed E-state index contributed by atoms with van der Waals surface area (Å²) in [5.74, 6) is -0.0242. The summed E-state index contributed by atoms with van der Waals surface area (Å²) in [7, 11) is 0. The van der Waals surface area contributed by atoms with Gasteiger partial charge in [-0.25, -0.2) is 0 Å². The molecule has 1 heterocycles. The summed E-state index contributed by atoms with van der Waals surface area (Å²) < 4.78 is 0. The van der Waals surface area contributed by atoms with Crippen molar-refractivity contribution in [2.24, 2.45) is 0 Å². The number of non-ortho nitro benzene ring substituents is 1. The second-order valence-corrected chi connectivity index (χ2v) is 4.93. The summed E-state index contributed by atoms with van der Waals surface area (Å²) in [6, 6.07) is 5.95. The van der Waals surface area contributed by atoms with E-state index in [-0.39, 0.29) is 11.5 Å². The molecule has 2 rings (SSSR count). The highest BCUT2D eigenvalue weighted by atomic mass is 16.6. The van der Waals surface area contributed by atoms with Gasteiger partial charge in [0.1, 0.15) is 0 Å². The van der Waals surface area contributed by atoms with Gasteiger partial charge < -0.3 is 10.2 Å². The summed E-state index contributed by atoms with van der Waals surface area (Å²) in [6.07, 6.45) is 1.23. The summed E-state index contributed by atoms with van der Waals surface area (Å²) in [6.45, 7) is 4.94. The fourth-order valence-electron chi connectivity index (χ4n) is 2.34. The van der Waals surface area contributed by atoms with Crippen LogP contribution < -0.4 is 5.32 Å². The number of nitrogens with zero attached hydrogens (tertiary/aromatic N) is 2. The molecule has 0 bridgehead atoms. The predicted octanol–water partition coefficient (Wildman–Crippen LogP) is 1.46. The molecule has 0 atom stereocenters. The van der Waals surface area contributed by atoms with Crippen molar-refractivity contribution < 1.29 is 9.72 Å². The van der Waals surface area contributed by atoms with E-state index in [2.05, 4.69) is 10.2 Å². The Morgan fingerprint density at radius 3 is 2.80 bits per heavy atom. The van der Waals surface area contributed by atoms with E-state index in [1.54, 1.807) is 12.1 Å².